The summed E-state index contributed by atoms with van der Waals surface area (Å²) in [5, 5.41) is 8.68. The molecule has 0 spiro atoms. The van der Waals surface area contributed by atoms with Crippen LogP contribution in [0.4, 0.5) is 10.5 Å². The summed E-state index contributed by atoms with van der Waals surface area (Å²) in [5.74, 6) is -0.185. The first-order chi connectivity index (χ1) is 13.8. The van der Waals surface area contributed by atoms with E-state index in [9.17, 15) is 9.59 Å². The lowest BCUT2D eigenvalue weighted by molar-refractivity contribution is 0.0526. The molecule has 2 amide bonds. The molecular weight excluding hydrogens is 366 g/mol. The largest absolute Gasteiger partial charge is 0.444 e. The first-order valence-electron chi connectivity index (χ1n) is 9.96. The predicted octanol–water partition coefficient (Wildman–Crippen LogP) is 4.58. The number of ether oxygens (including phenoxy) is 1. The molecule has 0 aliphatic rings. The third-order valence-electron chi connectivity index (χ3n) is 3.57. The van der Waals surface area contributed by atoms with Gasteiger partial charge in [0.2, 0.25) is 0 Å². The fourth-order valence-electron chi connectivity index (χ4n) is 2.30. The fraction of sp³-hybridized carbons (Fsp3) is 0.391. The summed E-state index contributed by atoms with van der Waals surface area (Å²) in [5.41, 5.74) is 2.17. The van der Waals surface area contributed by atoms with Gasteiger partial charge in [0.15, 0.2) is 0 Å². The predicted molar refractivity (Wildman–Crippen MR) is 118 cm³/mol. The van der Waals surface area contributed by atoms with Gasteiger partial charge in [-0.05, 0) is 50.6 Å². The Bertz CT molecular complexity index is 738. The highest BCUT2D eigenvalue weighted by Crippen LogP contribution is 2.11. The van der Waals surface area contributed by atoms with Gasteiger partial charge in [0.25, 0.3) is 5.91 Å². The summed E-state index contributed by atoms with van der Waals surface area (Å²) in [4.78, 5) is 23.7. The average Bonchev–Trinajstić information content (AvgIpc) is 2.71. The Morgan fingerprint density at radius 1 is 0.862 bits per heavy atom. The number of benzene rings is 2. The van der Waals surface area contributed by atoms with Crippen LogP contribution in [-0.4, -0.2) is 30.7 Å². The number of nitrogens with one attached hydrogen (secondary N) is 3. The van der Waals surface area contributed by atoms with Crippen molar-refractivity contribution in [2.24, 2.45) is 0 Å². The molecular formula is C23H33N3O3. The third-order valence-corrected chi connectivity index (χ3v) is 3.57. The molecule has 0 bridgehead atoms. The van der Waals surface area contributed by atoms with E-state index in [0.717, 1.165) is 12.2 Å². The Kier molecular flexibility index (Phi) is 10.3. The van der Waals surface area contributed by atoms with E-state index in [1.54, 1.807) is 32.9 Å². The molecule has 158 valence electrons. The quantitative estimate of drug-likeness (QED) is 0.596. The van der Waals surface area contributed by atoms with Gasteiger partial charge < -0.3 is 20.7 Å². The van der Waals surface area contributed by atoms with Gasteiger partial charge in [-0.15, -0.1) is 0 Å². The van der Waals surface area contributed by atoms with Crippen LogP contribution in [0.15, 0.2) is 54.6 Å². The Balaban J connectivity index is 0.00000204. The van der Waals surface area contributed by atoms with Crippen LogP contribution in [-0.2, 0) is 11.3 Å². The molecule has 0 aliphatic heterocycles. The minimum absolute atomic E-state index is 0.185. The van der Waals surface area contributed by atoms with Crippen LogP contribution in [0.2, 0.25) is 0 Å². The molecule has 0 unspecified atom stereocenters. The van der Waals surface area contributed by atoms with Gasteiger partial charge in [-0.2, -0.15) is 0 Å². The van der Waals surface area contributed by atoms with E-state index in [1.807, 2.05) is 44.2 Å². The van der Waals surface area contributed by atoms with Gasteiger partial charge in [0.05, 0.1) is 0 Å². The van der Waals surface area contributed by atoms with Crippen LogP contribution in [0.1, 0.15) is 50.5 Å². The Morgan fingerprint density at radius 2 is 1.45 bits per heavy atom. The van der Waals surface area contributed by atoms with Gasteiger partial charge >= 0.3 is 6.09 Å². The Hall–Kier alpha value is -3.02. The number of rotatable bonds is 7. The Labute approximate surface area is 174 Å². The van der Waals surface area contributed by atoms with Crippen molar-refractivity contribution in [1.29, 1.82) is 0 Å². The van der Waals surface area contributed by atoms with Crippen molar-refractivity contribution in [3.63, 3.8) is 0 Å². The van der Waals surface area contributed by atoms with Gasteiger partial charge in [0, 0.05) is 30.9 Å². The van der Waals surface area contributed by atoms with Gasteiger partial charge in [-0.3, -0.25) is 4.79 Å². The van der Waals surface area contributed by atoms with E-state index in [-0.39, 0.29) is 5.91 Å². The van der Waals surface area contributed by atoms with E-state index in [0.29, 0.717) is 18.7 Å². The van der Waals surface area contributed by atoms with Crippen LogP contribution in [0, 0.1) is 0 Å². The maximum absolute atomic E-state index is 12.1. The van der Waals surface area contributed by atoms with Crippen molar-refractivity contribution < 1.29 is 14.3 Å². The number of hydrogen-bond donors (Lipinski definition) is 3. The standard InChI is InChI=1S/C21H27N3O3.C2H6/c1-21(2,3)27-20(26)23-14-13-22-19(25)17-9-11-18(12-10-17)24-15-16-7-5-4-6-8-16;1-2/h4-12,24H,13-15H2,1-3H3,(H,22,25)(H,23,26);1-2H3. The van der Waals surface area contributed by atoms with Gasteiger partial charge in [-0.1, -0.05) is 44.2 Å². The van der Waals surface area contributed by atoms with E-state index in [2.05, 4.69) is 28.1 Å². The van der Waals surface area contributed by atoms with E-state index in [4.69, 9.17) is 4.74 Å². The summed E-state index contributed by atoms with van der Waals surface area (Å²) in [6.07, 6.45) is -0.495. The summed E-state index contributed by atoms with van der Waals surface area (Å²) < 4.78 is 5.13. The number of anilines is 1. The van der Waals surface area contributed by atoms with Crippen LogP contribution in [0.25, 0.3) is 0 Å². The van der Waals surface area contributed by atoms with E-state index < -0.39 is 11.7 Å². The topological polar surface area (TPSA) is 79.5 Å². The monoisotopic (exact) mass is 399 g/mol. The lowest BCUT2D eigenvalue weighted by atomic mass is 10.2. The lowest BCUT2D eigenvalue weighted by Gasteiger charge is -2.19. The molecule has 3 N–H and O–H groups in total. The Morgan fingerprint density at radius 3 is 2.03 bits per heavy atom. The smallest absolute Gasteiger partial charge is 0.407 e. The average molecular weight is 400 g/mol. The molecule has 0 fully saturated rings. The van der Waals surface area contributed by atoms with E-state index in [1.165, 1.54) is 5.56 Å². The first kappa shape index (κ1) is 24.0. The molecule has 2 rings (SSSR count). The van der Waals surface area contributed by atoms with Crippen LogP contribution in [0.3, 0.4) is 0 Å². The maximum Gasteiger partial charge on any atom is 0.407 e. The zero-order chi connectivity index (χ0) is 21.7. The van der Waals surface area contributed by atoms with Crippen LogP contribution >= 0.6 is 0 Å². The molecule has 0 saturated heterocycles. The lowest BCUT2D eigenvalue weighted by Crippen LogP contribution is -2.37. The van der Waals surface area contributed by atoms with Crippen molar-refractivity contribution in [2.75, 3.05) is 18.4 Å². The number of hydrogen-bond acceptors (Lipinski definition) is 4. The van der Waals surface area contributed by atoms with Crippen molar-refractivity contribution >= 4 is 17.7 Å². The molecule has 0 atom stereocenters. The highest BCUT2D eigenvalue weighted by molar-refractivity contribution is 5.94. The second kappa shape index (κ2) is 12.4. The summed E-state index contributed by atoms with van der Waals surface area (Å²) >= 11 is 0. The third kappa shape index (κ3) is 10.2. The number of carbonyl (C=O) groups is 2. The molecule has 29 heavy (non-hydrogen) atoms. The second-order valence-corrected chi connectivity index (χ2v) is 7.10. The first-order valence-corrected chi connectivity index (χ1v) is 9.96. The van der Waals surface area contributed by atoms with Gasteiger partial charge in [-0.25, -0.2) is 4.79 Å². The fourth-order valence-corrected chi connectivity index (χ4v) is 2.30. The van der Waals surface area contributed by atoms with Crippen molar-refractivity contribution in [1.82, 2.24) is 10.6 Å². The molecule has 2 aromatic rings. The van der Waals surface area contributed by atoms with Crippen molar-refractivity contribution in [2.45, 2.75) is 46.8 Å². The molecule has 0 saturated carbocycles. The molecule has 2 aromatic carbocycles. The van der Waals surface area contributed by atoms with Crippen molar-refractivity contribution in [3.8, 4) is 0 Å². The minimum atomic E-state index is -0.538. The zero-order valence-electron chi connectivity index (χ0n) is 18.0. The molecule has 0 heterocycles. The van der Waals surface area contributed by atoms with Gasteiger partial charge in [0.1, 0.15) is 5.60 Å². The zero-order valence-corrected chi connectivity index (χ0v) is 18.0. The molecule has 6 heteroatoms. The summed E-state index contributed by atoms with van der Waals surface area (Å²) in [6.45, 7) is 10.7. The highest BCUT2D eigenvalue weighted by Gasteiger charge is 2.15. The summed E-state index contributed by atoms with van der Waals surface area (Å²) in [6, 6.07) is 17.4. The van der Waals surface area contributed by atoms with Crippen molar-refractivity contribution in [3.05, 3.63) is 65.7 Å². The normalized spacial score (nSPS) is 10.2. The molecule has 0 radical (unpaired) electrons. The molecule has 6 nitrogen and oxygen atoms in total. The summed E-state index contributed by atoms with van der Waals surface area (Å²) in [7, 11) is 0. The number of carbonyl (C=O) groups excluding carboxylic acids is 2. The number of amides is 2. The van der Waals surface area contributed by atoms with Crippen LogP contribution < -0.4 is 16.0 Å². The van der Waals surface area contributed by atoms with E-state index >= 15 is 0 Å². The van der Waals surface area contributed by atoms with Crippen LogP contribution in [0.5, 0.6) is 0 Å². The molecule has 0 aliphatic carbocycles. The SMILES string of the molecule is CC.CC(C)(C)OC(=O)NCCNC(=O)c1ccc(NCc2ccccc2)cc1. The second-order valence-electron chi connectivity index (χ2n) is 7.10. The highest BCUT2D eigenvalue weighted by atomic mass is 16.6. The number of alkyl carbamates (subject to hydrolysis) is 1. The maximum atomic E-state index is 12.1. The molecule has 0 aromatic heterocycles. The minimum Gasteiger partial charge on any atom is -0.444 e.